The number of thiophene rings is 2. The van der Waals surface area contributed by atoms with Crippen LogP contribution in [0.1, 0.15) is 39.6 Å². The van der Waals surface area contributed by atoms with E-state index in [9.17, 15) is 19.2 Å². The average Bonchev–Trinajstić information content (AvgIpc) is 4.05. The standard InChI is InChI=1S/C19H19N3O2S3.C14H17N3OS2.C5H4O2S.CH4/c1-25-11-9-14(20-18(24)16-8-5-10-26-16)17(23)22-19-21-15(12-27-19)13-6-3-2-4-7-13;1-19-8-7-11(15)13(18)17-14-16-12(9-20-14)10-5-3-2-4-6-10;6-5(7)4-2-1-3-8-4;/h2-8,10,12,14H,9,11H2,1H3,(H,20,24)(H,21,22,23);2-6,9,11H,7-8,15H2,1H3,(H,16,17,18);1-3H,(H,6,7);1H4/t14-;11-;;/m00../s1. The van der Waals surface area contributed by atoms with Gasteiger partial charge in [0.15, 0.2) is 10.3 Å². The third-order valence-corrected chi connectivity index (χ3v) is 11.8. The number of thiazole rings is 2. The minimum Gasteiger partial charge on any atom is -0.477 e. The second-order valence-corrected chi connectivity index (χ2v) is 16.8. The van der Waals surface area contributed by atoms with E-state index in [2.05, 4.69) is 25.9 Å². The topological polar surface area (TPSA) is 176 Å². The van der Waals surface area contributed by atoms with Crippen LogP contribution in [0.5, 0.6) is 0 Å². The van der Waals surface area contributed by atoms with Crippen LogP contribution in [0.15, 0.2) is 106 Å². The predicted molar refractivity (Wildman–Crippen MR) is 240 cm³/mol. The van der Waals surface area contributed by atoms with Gasteiger partial charge >= 0.3 is 5.97 Å². The molecule has 0 aliphatic carbocycles. The summed E-state index contributed by atoms with van der Waals surface area (Å²) in [6.07, 6.45) is 5.20. The van der Waals surface area contributed by atoms with Gasteiger partial charge < -0.3 is 26.8 Å². The molecule has 3 amide bonds. The Bertz CT molecular complexity index is 2040. The van der Waals surface area contributed by atoms with E-state index >= 15 is 0 Å². The van der Waals surface area contributed by atoms with E-state index in [1.807, 2.05) is 95.4 Å². The first-order chi connectivity index (χ1) is 26.7. The van der Waals surface area contributed by atoms with Gasteiger partial charge in [0.1, 0.15) is 10.9 Å². The number of hydrogen-bond donors (Lipinski definition) is 5. The van der Waals surface area contributed by atoms with Crippen molar-refractivity contribution in [1.82, 2.24) is 15.3 Å². The third kappa shape index (κ3) is 15.3. The molecular weight excluding hydrogens is 825 g/mol. The van der Waals surface area contributed by atoms with Crippen LogP contribution in [0.2, 0.25) is 0 Å². The molecule has 0 bridgehead atoms. The highest BCUT2D eigenvalue weighted by atomic mass is 32.2. The number of nitrogens with two attached hydrogens (primary N) is 1. The summed E-state index contributed by atoms with van der Waals surface area (Å²) in [6, 6.07) is 25.4. The number of anilines is 2. The normalized spacial score (nSPS) is 11.3. The van der Waals surface area contributed by atoms with Crippen LogP contribution >= 0.6 is 68.9 Å². The molecule has 0 radical (unpaired) electrons. The predicted octanol–water partition coefficient (Wildman–Crippen LogP) is 9.27. The van der Waals surface area contributed by atoms with Gasteiger partial charge in [-0.2, -0.15) is 23.5 Å². The molecule has 2 atom stereocenters. The van der Waals surface area contributed by atoms with Crippen LogP contribution in [0, 0.1) is 0 Å². The van der Waals surface area contributed by atoms with Crippen molar-refractivity contribution in [3.8, 4) is 22.5 Å². The number of carboxylic acids is 1. The molecule has 0 spiro atoms. The van der Waals surface area contributed by atoms with Gasteiger partial charge in [-0.3, -0.25) is 14.4 Å². The Morgan fingerprint density at radius 1 is 0.679 bits per heavy atom. The zero-order chi connectivity index (χ0) is 39.4. The number of hydrogen-bond acceptors (Lipinski definition) is 13. The molecular formula is C39H44N6O5S6. The van der Waals surface area contributed by atoms with Crippen LogP contribution in [-0.2, 0) is 9.59 Å². The first kappa shape index (κ1) is 46.0. The molecule has 17 heteroatoms. The number of nitrogens with one attached hydrogen (secondary N) is 3. The fourth-order valence-corrected chi connectivity index (χ4v) is 8.05. The van der Waals surface area contributed by atoms with E-state index in [-0.39, 0.29) is 25.1 Å². The van der Waals surface area contributed by atoms with E-state index in [0.29, 0.717) is 32.9 Å². The van der Waals surface area contributed by atoms with Gasteiger partial charge in [0, 0.05) is 21.9 Å². The molecule has 296 valence electrons. The maximum absolute atomic E-state index is 12.7. The number of aromatic carboxylic acids is 1. The summed E-state index contributed by atoms with van der Waals surface area (Å²) in [5.41, 5.74) is 9.54. The lowest BCUT2D eigenvalue weighted by Gasteiger charge is -2.16. The molecule has 0 unspecified atom stereocenters. The molecule has 0 aliphatic heterocycles. The maximum Gasteiger partial charge on any atom is 0.345 e. The molecule has 0 aliphatic rings. The molecule has 0 fully saturated rings. The molecule has 56 heavy (non-hydrogen) atoms. The van der Waals surface area contributed by atoms with Crippen molar-refractivity contribution in [2.75, 3.05) is 34.7 Å². The van der Waals surface area contributed by atoms with E-state index in [0.717, 1.165) is 34.0 Å². The van der Waals surface area contributed by atoms with Crippen LogP contribution in [-0.4, -0.2) is 74.9 Å². The van der Waals surface area contributed by atoms with Crippen molar-refractivity contribution >= 4 is 103 Å². The summed E-state index contributed by atoms with van der Waals surface area (Å²) >= 11 is 8.69. The van der Waals surface area contributed by atoms with E-state index in [1.165, 1.54) is 45.3 Å². The highest BCUT2D eigenvalue weighted by molar-refractivity contribution is 7.98. The van der Waals surface area contributed by atoms with Crippen LogP contribution in [0.25, 0.3) is 22.5 Å². The quantitative estimate of drug-likeness (QED) is 0.0669. The van der Waals surface area contributed by atoms with Crippen LogP contribution in [0.3, 0.4) is 0 Å². The summed E-state index contributed by atoms with van der Waals surface area (Å²) in [5.74, 6) is 0.156. The van der Waals surface area contributed by atoms with Crippen molar-refractivity contribution < 1.29 is 24.3 Å². The first-order valence-electron chi connectivity index (χ1n) is 16.7. The number of aromatic nitrogens is 2. The van der Waals surface area contributed by atoms with Gasteiger partial charge in [-0.05, 0) is 59.8 Å². The molecule has 0 saturated heterocycles. The Kier molecular flexibility index (Phi) is 20.6. The molecule has 4 aromatic heterocycles. The minimum absolute atomic E-state index is 0. The zero-order valence-electron chi connectivity index (χ0n) is 29.9. The molecule has 6 aromatic rings. The largest absolute Gasteiger partial charge is 0.477 e. The van der Waals surface area contributed by atoms with Gasteiger partial charge in [-0.1, -0.05) is 80.2 Å². The maximum atomic E-state index is 12.7. The first-order valence-corrected chi connectivity index (χ1v) is 23.0. The highest BCUT2D eigenvalue weighted by Crippen LogP contribution is 2.26. The smallest absolute Gasteiger partial charge is 0.345 e. The Balaban J connectivity index is 0.000000254. The Labute approximate surface area is 351 Å². The van der Waals surface area contributed by atoms with Crippen molar-refractivity contribution in [1.29, 1.82) is 0 Å². The molecule has 6 rings (SSSR count). The second-order valence-electron chi connectivity index (χ2n) is 11.2. The van der Waals surface area contributed by atoms with Crippen LogP contribution in [0.4, 0.5) is 10.3 Å². The third-order valence-electron chi connectivity index (χ3n) is 7.29. The number of rotatable bonds is 15. The molecule has 11 nitrogen and oxygen atoms in total. The SMILES string of the molecule is C.CSCC[C@H](N)C(=O)Nc1nc(-c2ccccc2)cs1.CSCC[C@H](NC(=O)c1cccs1)C(=O)Nc1nc(-c2ccccc2)cs1.O=C(O)c1cccs1. The zero-order valence-corrected chi connectivity index (χ0v) is 34.8. The lowest BCUT2D eigenvalue weighted by molar-refractivity contribution is -0.118. The highest BCUT2D eigenvalue weighted by Gasteiger charge is 2.23. The fourth-order valence-electron chi connectivity index (χ4n) is 4.45. The van der Waals surface area contributed by atoms with Crippen LogP contribution < -0.4 is 21.7 Å². The number of carboxylic acid groups (broad SMARTS) is 1. The Hall–Kier alpha value is -4.36. The summed E-state index contributed by atoms with van der Waals surface area (Å²) in [6.45, 7) is 0. The number of amides is 3. The van der Waals surface area contributed by atoms with Gasteiger partial charge in [0.05, 0.1) is 22.3 Å². The number of benzene rings is 2. The molecule has 6 N–H and O–H groups in total. The minimum atomic E-state index is -0.847. The lowest BCUT2D eigenvalue weighted by atomic mass is 10.2. The summed E-state index contributed by atoms with van der Waals surface area (Å²) in [5, 5.41) is 25.3. The molecule has 2 aromatic carbocycles. The van der Waals surface area contributed by atoms with E-state index < -0.39 is 18.1 Å². The number of thioether (sulfide) groups is 2. The summed E-state index contributed by atoms with van der Waals surface area (Å²) in [7, 11) is 0. The van der Waals surface area contributed by atoms with Crippen molar-refractivity contribution in [3.05, 3.63) is 116 Å². The van der Waals surface area contributed by atoms with Crippen molar-refractivity contribution in [2.24, 2.45) is 5.73 Å². The number of carbonyl (C=O) groups excluding carboxylic acids is 3. The van der Waals surface area contributed by atoms with Gasteiger partial charge in [-0.15, -0.1) is 45.3 Å². The number of nitrogens with zero attached hydrogens (tertiary/aromatic N) is 2. The van der Waals surface area contributed by atoms with E-state index in [1.54, 1.807) is 47.1 Å². The Morgan fingerprint density at radius 3 is 1.61 bits per heavy atom. The van der Waals surface area contributed by atoms with Crippen molar-refractivity contribution in [3.63, 3.8) is 0 Å². The monoisotopic (exact) mass is 868 g/mol. The second kappa shape index (κ2) is 25.0. The number of carbonyl (C=O) groups is 4. The summed E-state index contributed by atoms with van der Waals surface area (Å²) < 4.78 is 0. The van der Waals surface area contributed by atoms with Gasteiger partial charge in [0.2, 0.25) is 11.8 Å². The molecule has 0 saturated carbocycles. The van der Waals surface area contributed by atoms with E-state index in [4.69, 9.17) is 10.8 Å². The average molecular weight is 869 g/mol. The lowest BCUT2D eigenvalue weighted by Crippen LogP contribution is -2.44. The Morgan fingerprint density at radius 2 is 1.16 bits per heavy atom. The van der Waals surface area contributed by atoms with Gasteiger partial charge in [-0.25, -0.2) is 14.8 Å². The summed E-state index contributed by atoms with van der Waals surface area (Å²) in [4.78, 5) is 56.9. The van der Waals surface area contributed by atoms with Gasteiger partial charge in [0.25, 0.3) is 5.91 Å². The molecule has 4 heterocycles. The fraction of sp³-hybridized carbons (Fsp3) is 0.231. The van der Waals surface area contributed by atoms with Crippen molar-refractivity contribution in [2.45, 2.75) is 32.4 Å².